The number of H-pyrrole nitrogens is 1. The van der Waals surface area contributed by atoms with Gasteiger partial charge in [-0.15, -0.1) is 5.10 Å². The number of methoxy groups -OCH3 is 1. The van der Waals surface area contributed by atoms with Crippen LogP contribution in [0, 0.1) is 0 Å². The zero-order valence-corrected chi connectivity index (χ0v) is 12.5. The summed E-state index contributed by atoms with van der Waals surface area (Å²) in [6.45, 7) is 0.393. The molecular formula is C14H17N6O3+. The number of nitrogens with two attached hydrogens (primary N) is 2. The van der Waals surface area contributed by atoms with Crippen LogP contribution in [-0.4, -0.2) is 40.1 Å². The number of hydrogen-bond acceptors (Lipinski definition) is 6. The van der Waals surface area contributed by atoms with Crippen molar-refractivity contribution in [1.82, 2.24) is 15.2 Å². The Kier molecular flexibility index (Phi) is 3.94. The Labute approximate surface area is 131 Å². The minimum absolute atomic E-state index is 0.147. The average Bonchev–Trinajstić information content (AvgIpc) is 3.09. The summed E-state index contributed by atoms with van der Waals surface area (Å²) in [4.78, 5) is 29.8. The van der Waals surface area contributed by atoms with E-state index < -0.39 is 6.04 Å². The van der Waals surface area contributed by atoms with Gasteiger partial charge in [0.1, 0.15) is 12.3 Å². The van der Waals surface area contributed by atoms with E-state index in [0.717, 1.165) is 0 Å². The van der Waals surface area contributed by atoms with E-state index in [4.69, 9.17) is 10.5 Å². The molecule has 2 heterocycles. The first-order chi connectivity index (χ1) is 11.1. The normalized spacial score (nSPS) is 17.8. The molecule has 1 saturated heterocycles. The molecule has 1 aliphatic heterocycles. The van der Waals surface area contributed by atoms with Crippen LogP contribution < -0.4 is 20.7 Å². The zero-order valence-electron chi connectivity index (χ0n) is 12.5. The van der Waals surface area contributed by atoms with Crippen molar-refractivity contribution in [2.75, 3.05) is 17.7 Å². The number of nitrogen functional groups attached to an aromatic ring is 1. The number of carbonyl (C=O) groups excluding carboxylic acids is 2. The monoisotopic (exact) mass is 317 g/mol. The van der Waals surface area contributed by atoms with Gasteiger partial charge in [0, 0.05) is 0 Å². The average molecular weight is 317 g/mol. The minimum atomic E-state index is -0.476. The molecular weight excluding hydrogens is 300 g/mol. The maximum atomic E-state index is 12.5. The van der Waals surface area contributed by atoms with Gasteiger partial charge >= 0.3 is 0 Å². The summed E-state index contributed by atoms with van der Waals surface area (Å²) in [5, 5.41) is 8.15. The van der Waals surface area contributed by atoms with E-state index in [9.17, 15) is 9.59 Å². The maximum Gasteiger partial charge on any atom is 0.292 e. The second-order valence-corrected chi connectivity index (χ2v) is 5.16. The smallest absolute Gasteiger partial charge is 0.292 e. The van der Waals surface area contributed by atoms with Gasteiger partial charge in [0.05, 0.1) is 19.2 Å². The number of aromatic amines is 1. The van der Waals surface area contributed by atoms with Gasteiger partial charge in [0.15, 0.2) is 11.9 Å². The van der Waals surface area contributed by atoms with E-state index in [2.05, 4.69) is 15.2 Å². The third kappa shape index (κ3) is 2.99. The van der Waals surface area contributed by atoms with Gasteiger partial charge in [-0.1, -0.05) is 0 Å². The highest BCUT2D eigenvalue weighted by molar-refractivity contribution is 6.21. The van der Waals surface area contributed by atoms with E-state index in [1.54, 1.807) is 36.7 Å². The van der Waals surface area contributed by atoms with Crippen molar-refractivity contribution in [3.8, 4) is 5.75 Å². The second kappa shape index (κ2) is 6.05. The number of anilines is 2. The number of amides is 2. The molecule has 1 aromatic heterocycles. The van der Waals surface area contributed by atoms with Crippen LogP contribution in [0.15, 0.2) is 24.3 Å². The van der Waals surface area contributed by atoms with Crippen LogP contribution in [0.25, 0.3) is 0 Å². The van der Waals surface area contributed by atoms with Crippen molar-refractivity contribution in [3.05, 3.63) is 30.1 Å². The number of hydrogen-bond donors (Lipinski definition) is 3. The number of carbonyl (C=O) groups is 2. The number of nitrogens with one attached hydrogen (secondary N) is 1. The predicted molar refractivity (Wildman–Crippen MR) is 80.3 cm³/mol. The minimum Gasteiger partial charge on any atom is -0.497 e. The van der Waals surface area contributed by atoms with Crippen LogP contribution >= 0.6 is 0 Å². The summed E-state index contributed by atoms with van der Waals surface area (Å²) >= 11 is 0. The topological polar surface area (TPSA) is 131 Å². The molecule has 1 atom stereocenters. The number of aromatic nitrogens is 3. The van der Waals surface area contributed by atoms with Gasteiger partial charge in [0.25, 0.3) is 5.91 Å². The van der Waals surface area contributed by atoms with Gasteiger partial charge in [-0.3, -0.25) is 14.7 Å². The van der Waals surface area contributed by atoms with E-state index in [-0.39, 0.29) is 24.2 Å². The van der Waals surface area contributed by atoms with Crippen LogP contribution in [0.2, 0.25) is 0 Å². The number of nitrogens with zero attached hydrogens (tertiary/aromatic N) is 3. The lowest BCUT2D eigenvalue weighted by molar-refractivity contribution is -0.690. The molecule has 120 valence electrons. The molecule has 0 spiro atoms. The molecule has 1 aromatic carbocycles. The van der Waals surface area contributed by atoms with Crippen LogP contribution in [-0.2, 0) is 16.1 Å². The molecule has 23 heavy (non-hydrogen) atoms. The van der Waals surface area contributed by atoms with Gasteiger partial charge in [-0.05, 0) is 24.3 Å². The number of rotatable bonds is 5. The van der Waals surface area contributed by atoms with Gasteiger partial charge < -0.3 is 15.8 Å². The van der Waals surface area contributed by atoms with Crippen LogP contribution in [0.1, 0.15) is 12.2 Å². The van der Waals surface area contributed by atoms with Crippen molar-refractivity contribution < 1.29 is 19.6 Å². The summed E-state index contributed by atoms with van der Waals surface area (Å²) < 4.78 is 5.08. The van der Waals surface area contributed by atoms with Crippen LogP contribution in [0.4, 0.5) is 11.6 Å². The van der Waals surface area contributed by atoms with E-state index in [0.29, 0.717) is 23.8 Å². The van der Waals surface area contributed by atoms with E-state index in [1.165, 1.54) is 4.90 Å². The number of imide groups is 1. The number of ether oxygens (including phenoxy) is 1. The maximum absolute atomic E-state index is 12.5. The Balaban J connectivity index is 1.69. The van der Waals surface area contributed by atoms with Crippen LogP contribution in [0.3, 0.4) is 0 Å². The molecule has 5 N–H and O–H groups in total. The van der Waals surface area contributed by atoms with Gasteiger partial charge in [-0.25, -0.2) is 4.90 Å². The van der Waals surface area contributed by atoms with Crippen molar-refractivity contribution in [1.29, 1.82) is 0 Å². The standard InChI is InChI=1S/C14H16N6O3/c1-23-9-4-2-8(3-5-9)20-12(21)6-10(13(20)22)16-7-11-17-14(15)19-18-11/h2-5,10,16H,6-7H2,1H3,(H3,15,17,18,19)/p+1/t10-/m0/s1. The quantitative estimate of drug-likeness (QED) is 0.593. The van der Waals surface area contributed by atoms with Gasteiger partial charge in [0.2, 0.25) is 11.9 Å². The number of quaternary nitrogens is 1. The third-order valence-electron chi connectivity index (χ3n) is 3.66. The van der Waals surface area contributed by atoms with E-state index >= 15 is 0 Å². The Morgan fingerprint density at radius 1 is 1.39 bits per heavy atom. The first-order valence-corrected chi connectivity index (χ1v) is 7.09. The highest BCUT2D eigenvalue weighted by Crippen LogP contribution is 2.24. The van der Waals surface area contributed by atoms with Crippen molar-refractivity contribution in [3.63, 3.8) is 0 Å². The Morgan fingerprint density at radius 2 is 2.13 bits per heavy atom. The fourth-order valence-corrected chi connectivity index (χ4v) is 2.50. The molecule has 1 aliphatic rings. The largest absolute Gasteiger partial charge is 0.497 e. The molecule has 2 aromatic rings. The molecule has 0 bridgehead atoms. The van der Waals surface area contributed by atoms with Crippen LogP contribution in [0.5, 0.6) is 5.75 Å². The molecule has 0 saturated carbocycles. The van der Waals surface area contributed by atoms with Gasteiger partial charge in [-0.2, -0.15) is 4.98 Å². The second-order valence-electron chi connectivity index (χ2n) is 5.16. The lowest BCUT2D eigenvalue weighted by Crippen LogP contribution is -2.90. The third-order valence-corrected chi connectivity index (χ3v) is 3.66. The van der Waals surface area contributed by atoms with Crippen molar-refractivity contribution in [2.24, 2.45) is 0 Å². The Bertz CT molecular complexity index is 726. The first kappa shape index (κ1) is 15.0. The lowest BCUT2D eigenvalue weighted by Gasteiger charge is -2.14. The molecule has 0 aliphatic carbocycles. The SMILES string of the molecule is COc1ccc(N2C(=O)C[C@H]([NH2+]Cc3nc(N)n[nH]3)C2=O)cc1. The van der Waals surface area contributed by atoms with E-state index in [1.807, 2.05) is 0 Å². The van der Waals surface area contributed by atoms with Crippen molar-refractivity contribution >= 4 is 23.5 Å². The molecule has 2 amide bonds. The predicted octanol–water partition coefficient (Wildman–Crippen LogP) is -1.21. The molecule has 3 rings (SSSR count). The fourth-order valence-electron chi connectivity index (χ4n) is 2.50. The fraction of sp³-hybridized carbons (Fsp3) is 0.286. The summed E-state index contributed by atoms with van der Waals surface area (Å²) in [7, 11) is 1.56. The molecule has 9 nitrogen and oxygen atoms in total. The molecule has 0 radical (unpaired) electrons. The molecule has 1 fully saturated rings. The summed E-state index contributed by atoms with van der Waals surface area (Å²) in [5.41, 5.74) is 5.97. The zero-order chi connectivity index (χ0) is 16.4. The Morgan fingerprint density at radius 3 is 2.74 bits per heavy atom. The lowest BCUT2D eigenvalue weighted by atomic mass is 10.2. The summed E-state index contributed by atoms with van der Waals surface area (Å²) in [6.07, 6.45) is 0.147. The highest BCUT2D eigenvalue weighted by atomic mass is 16.5. The molecule has 0 unspecified atom stereocenters. The Hall–Kier alpha value is -2.94. The summed E-state index contributed by atoms with van der Waals surface area (Å²) in [6, 6.07) is 6.33. The first-order valence-electron chi connectivity index (χ1n) is 7.09. The number of benzene rings is 1. The highest BCUT2D eigenvalue weighted by Gasteiger charge is 2.42. The summed E-state index contributed by atoms with van der Waals surface area (Å²) in [5.74, 6) is 0.915. The van der Waals surface area contributed by atoms with Crippen molar-refractivity contribution in [2.45, 2.75) is 19.0 Å². The molecule has 9 heteroatoms.